The summed E-state index contributed by atoms with van der Waals surface area (Å²) in [5.74, 6) is -0.884. The predicted molar refractivity (Wildman–Crippen MR) is 98.8 cm³/mol. The van der Waals surface area contributed by atoms with Crippen LogP contribution in [-0.4, -0.2) is 41.3 Å². The molecule has 3 rings (SSSR count). The molecule has 1 unspecified atom stereocenters. The third-order valence-corrected chi connectivity index (χ3v) is 4.82. The Morgan fingerprint density at radius 3 is 2.44 bits per heavy atom. The van der Waals surface area contributed by atoms with Crippen molar-refractivity contribution in [3.8, 4) is 5.75 Å². The summed E-state index contributed by atoms with van der Waals surface area (Å²) in [7, 11) is 1.55. The quantitative estimate of drug-likeness (QED) is 0.794. The van der Waals surface area contributed by atoms with E-state index in [0.29, 0.717) is 29.8 Å². The van der Waals surface area contributed by atoms with Gasteiger partial charge in [0, 0.05) is 24.9 Å². The number of Topliss-reactive ketones (excluding diaryl/α,β-unsaturated/α-hetero) is 1. The molecule has 2 aromatic carbocycles. The largest absolute Gasteiger partial charge is 0.497 e. The van der Waals surface area contributed by atoms with Crippen LogP contribution in [0.3, 0.4) is 0 Å². The monoisotopic (exact) mass is 367 g/mol. The number of aliphatic carboxylic acids is 1. The molecule has 0 radical (unpaired) electrons. The molecule has 0 aliphatic carbocycles. The minimum absolute atomic E-state index is 0.0171. The van der Waals surface area contributed by atoms with Crippen molar-refractivity contribution in [2.24, 2.45) is 0 Å². The highest BCUT2D eigenvalue weighted by atomic mass is 16.5. The van der Waals surface area contributed by atoms with Crippen LogP contribution >= 0.6 is 0 Å². The van der Waals surface area contributed by atoms with E-state index in [9.17, 15) is 19.5 Å². The SMILES string of the molecule is COc1ccc(C(=O)CCC(=O)N2CCc3ccccc3C2C(=O)O)cc1. The summed E-state index contributed by atoms with van der Waals surface area (Å²) < 4.78 is 5.06. The third kappa shape index (κ3) is 4.00. The van der Waals surface area contributed by atoms with Gasteiger partial charge in [-0.3, -0.25) is 9.59 Å². The number of methoxy groups -OCH3 is 1. The first-order chi connectivity index (χ1) is 13.0. The summed E-state index contributed by atoms with van der Waals surface area (Å²) >= 11 is 0. The fourth-order valence-corrected chi connectivity index (χ4v) is 3.39. The summed E-state index contributed by atoms with van der Waals surface area (Å²) in [5.41, 5.74) is 2.09. The van der Waals surface area contributed by atoms with Crippen LogP contribution in [-0.2, 0) is 16.0 Å². The summed E-state index contributed by atoms with van der Waals surface area (Å²) in [6.07, 6.45) is 0.630. The van der Waals surface area contributed by atoms with Gasteiger partial charge in [-0.1, -0.05) is 24.3 Å². The first-order valence-corrected chi connectivity index (χ1v) is 8.78. The van der Waals surface area contributed by atoms with Crippen molar-refractivity contribution in [1.82, 2.24) is 4.90 Å². The molecule has 1 aliphatic heterocycles. The number of carbonyl (C=O) groups is 3. The number of benzene rings is 2. The molecule has 0 saturated carbocycles. The lowest BCUT2D eigenvalue weighted by Crippen LogP contribution is -2.43. The molecule has 27 heavy (non-hydrogen) atoms. The number of ketones is 1. The second-order valence-electron chi connectivity index (χ2n) is 6.43. The molecule has 140 valence electrons. The van der Waals surface area contributed by atoms with Gasteiger partial charge in [-0.05, 0) is 41.8 Å². The van der Waals surface area contributed by atoms with Crippen LogP contribution in [0.4, 0.5) is 0 Å². The average molecular weight is 367 g/mol. The number of fused-ring (bicyclic) bond motifs is 1. The molecule has 1 N–H and O–H groups in total. The summed E-state index contributed by atoms with van der Waals surface area (Å²) in [6, 6.07) is 13.0. The summed E-state index contributed by atoms with van der Waals surface area (Å²) in [4.78, 5) is 38.1. The lowest BCUT2D eigenvalue weighted by atomic mass is 9.92. The Hall–Kier alpha value is -3.15. The summed E-state index contributed by atoms with van der Waals surface area (Å²) in [5, 5.41) is 9.64. The van der Waals surface area contributed by atoms with Gasteiger partial charge in [-0.15, -0.1) is 0 Å². The Bertz CT molecular complexity index is 859. The van der Waals surface area contributed by atoms with E-state index < -0.39 is 12.0 Å². The van der Waals surface area contributed by atoms with Crippen molar-refractivity contribution < 1.29 is 24.2 Å². The van der Waals surface area contributed by atoms with Gasteiger partial charge in [0.1, 0.15) is 5.75 Å². The molecule has 0 spiro atoms. The topological polar surface area (TPSA) is 83.9 Å². The van der Waals surface area contributed by atoms with E-state index >= 15 is 0 Å². The molecular weight excluding hydrogens is 346 g/mol. The van der Waals surface area contributed by atoms with Crippen molar-refractivity contribution in [3.05, 3.63) is 65.2 Å². The molecule has 1 aliphatic rings. The summed E-state index contributed by atoms with van der Waals surface area (Å²) in [6.45, 7) is 0.337. The van der Waals surface area contributed by atoms with Crippen molar-refractivity contribution in [3.63, 3.8) is 0 Å². The minimum atomic E-state index is -1.06. The second-order valence-corrected chi connectivity index (χ2v) is 6.43. The molecule has 6 heteroatoms. The average Bonchev–Trinajstić information content (AvgIpc) is 2.70. The first kappa shape index (κ1) is 18.6. The Morgan fingerprint density at radius 1 is 1.07 bits per heavy atom. The van der Waals surface area contributed by atoms with E-state index in [0.717, 1.165) is 5.56 Å². The van der Waals surface area contributed by atoms with Gasteiger partial charge in [0.05, 0.1) is 7.11 Å². The number of carboxylic acid groups (broad SMARTS) is 1. The maximum Gasteiger partial charge on any atom is 0.331 e. The second kappa shape index (κ2) is 8.03. The molecule has 0 saturated heterocycles. The number of carbonyl (C=O) groups excluding carboxylic acids is 2. The van der Waals surface area contributed by atoms with Crippen molar-refractivity contribution in [2.75, 3.05) is 13.7 Å². The molecule has 1 heterocycles. The van der Waals surface area contributed by atoms with E-state index in [2.05, 4.69) is 0 Å². The Labute approximate surface area is 157 Å². The van der Waals surface area contributed by atoms with Crippen molar-refractivity contribution >= 4 is 17.7 Å². The van der Waals surface area contributed by atoms with Gasteiger partial charge in [-0.2, -0.15) is 0 Å². The number of carboxylic acids is 1. The van der Waals surface area contributed by atoms with E-state index in [1.54, 1.807) is 43.5 Å². The lowest BCUT2D eigenvalue weighted by Gasteiger charge is -2.34. The van der Waals surface area contributed by atoms with E-state index in [1.165, 1.54) is 4.90 Å². The molecule has 6 nitrogen and oxygen atoms in total. The van der Waals surface area contributed by atoms with Gasteiger partial charge in [0.15, 0.2) is 11.8 Å². The molecule has 1 atom stereocenters. The van der Waals surface area contributed by atoms with Crippen LogP contribution in [0.25, 0.3) is 0 Å². The Morgan fingerprint density at radius 2 is 1.78 bits per heavy atom. The fraction of sp³-hybridized carbons (Fsp3) is 0.286. The highest BCUT2D eigenvalue weighted by Crippen LogP contribution is 2.30. The molecule has 2 aromatic rings. The zero-order valence-electron chi connectivity index (χ0n) is 15.1. The zero-order valence-corrected chi connectivity index (χ0v) is 15.1. The van der Waals surface area contributed by atoms with Gasteiger partial charge in [-0.25, -0.2) is 4.79 Å². The maximum atomic E-state index is 12.6. The first-order valence-electron chi connectivity index (χ1n) is 8.78. The van der Waals surface area contributed by atoms with Crippen LogP contribution in [0, 0.1) is 0 Å². The van der Waals surface area contributed by atoms with Crippen LogP contribution in [0.1, 0.15) is 40.4 Å². The van der Waals surface area contributed by atoms with Gasteiger partial charge >= 0.3 is 5.97 Å². The smallest absolute Gasteiger partial charge is 0.331 e. The molecule has 1 amide bonds. The number of ether oxygens (including phenoxy) is 1. The van der Waals surface area contributed by atoms with Gasteiger partial charge in [0.25, 0.3) is 0 Å². The zero-order chi connectivity index (χ0) is 19.4. The molecule has 0 aromatic heterocycles. The number of amides is 1. The molecular formula is C21H21NO5. The highest BCUT2D eigenvalue weighted by Gasteiger charge is 2.35. The third-order valence-electron chi connectivity index (χ3n) is 4.82. The predicted octanol–water partition coefficient (Wildman–Crippen LogP) is 2.87. The van der Waals surface area contributed by atoms with Gasteiger partial charge < -0.3 is 14.7 Å². The van der Waals surface area contributed by atoms with E-state index in [1.807, 2.05) is 12.1 Å². The van der Waals surface area contributed by atoms with Crippen LogP contribution in [0.2, 0.25) is 0 Å². The standard InChI is InChI=1S/C21H21NO5/c1-27-16-8-6-15(7-9-16)18(23)10-11-19(24)22-13-12-14-4-2-3-5-17(14)20(22)21(25)26/h2-9,20H,10-13H2,1H3,(H,25,26). The number of rotatable bonds is 6. The van der Waals surface area contributed by atoms with Crippen LogP contribution in [0.15, 0.2) is 48.5 Å². The van der Waals surface area contributed by atoms with E-state index in [4.69, 9.17) is 4.74 Å². The van der Waals surface area contributed by atoms with E-state index in [-0.39, 0.29) is 24.5 Å². The molecule has 0 fully saturated rings. The number of nitrogens with zero attached hydrogens (tertiary/aromatic N) is 1. The van der Waals surface area contributed by atoms with Crippen LogP contribution in [0.5, 0.6) is 5.75 Å². The van der Waals surface area contributed by atoms with Crippen molar-refractivity contribution in [2.45, 2.75) is 25.3 Å². The Balaban J connectivity index is 1.68. The highest BCUT2D eigenvalue weighted by molar-refractivity contribution is 5.98. The molecule has 0 bridgehead atoms. The minimum Gasteiger partial charge on any atom is -0.497 e. The van der Waals surface area contributed by atoms with Gasteiger partial charge in [0.2, 0.25) is 5.91 Å². The normalized spacial score (nSPS) is 15.7. The number of hydrogen-bond donors (Lipinski definition) is 1. The maximum absolute atomic E-state index is 12.6. The Kier molecular flexibility index (Phi) is 5.54. The lowest BCUT2D eigenvalue weighted by molar-refractivity contribution is -0.151. The van der Waals surface area contributed by atoms with Crippen LogP contribution < -0.4 is 4.74 Å². The van der Waals surface area contributed by atoms with Crippen molar-refractivity contribution in [1.29, 1.82) is 0 Å². The number of hydrogen-bond acceptors (Lipinski definition) is 4. The fourth-order valence-electron chi connectivity index (χ4n) is 3.39.